The molecule has 0 spiro atoms. The third-order valence-electron chi connectivity index (χ3n) is 3.07. The average Bonchev–Trinajstić information content (AvgIpc) is 2.95. The summed E-state index contributed by atoms with van der Waals surface area (Å²) in [7, 11) is 0. The third-order valence-corrected chi connectivity index (χ3v) is 3.07. The molecule has 0 atom stereocenters. The van der Waals surface area contributed by atoms with E-state index in [0.717, 1.165) is 12.8 Å². The number of fused-ring (bicyclic) bond motifs is 1. The maximum Gasteiger partial charge on any atom is 0.315 e. The van der Waals surface area contributed by atoms with Crippen molar-refractivity contribution in [3.05, 3.63) is 47.1 Å². The van der Waals surface area contributed by atoms with Gasteiger partial charge in [0.1, 0.15) is 0 Å². The number of nitrogens with zero attached hydrogens (tertiary/aromatic N) is 2. The summed E-state index contributed by atoms with van der Waals surface area (Å²) in [5.41, 5.74) is 7.69. The lowest BCUT2D eigenvalue weighted by atomic mass is 10.1. The van der Waals surface area contributed by atoms with Crippen LogP contribution in [0.1, 0.15) is 33.6 Å². The third kappa shape index (κ3) is 1.69. The zero-order valence-corrected chi connectivity index (χ0v) is 9.09. The highest BCUT2D eigenvalue weighted by molar-refractivity contribution is 5.87. The Labute approximate surface area is 97.6 Å². The van der Waals surface area contributed by atoms with E-state index in [1.807, 2.05) is 12.1 Å². The molecular formula is C12H11N3O2. The van der Waals surface area contributed by atoms with Crippen LogP contribution >= 0.6 is 0 Å². The lowest BCUT2D eigenvalue weighted by Crippen LogP contribution is -2.11. The Bertz CT molecular complexity index is 552. The van der Waals surface area contributed by atoms with Crippen molar-refractivity contribution in [1.82, 2.24) is 10.1 Å². The van der Waals surface area contributed by atoms with Gasteiger partial charge in [0.05, 0.1) is 0 Å². The minimum Gasteiger partial charge on any atom is -0.361 e. The Balaban J connectivity index is 1.86. The molecule has 1 heterocycles. The van der Waals surface area contributed by atoms with E-state index in [1.54, 1.807) is 0 Å². The molecule has 5 nitrogen and oxygen atoms in total. The SMILES string of the molecule is NC(=O)c1nc(C2Cc3ccccc3C2)no1. The molecule has 2 N–H and O–H groups in total. The van der Waals surface area contributed by atoms with E-state index in [4.69, 9.17) is 10.3 Å². The highest BCUT2D eigenvalue weighted by Crippen LogP contribution is 2.32. The molecule has 0 unspecified atom stereocenters. The number of nitrogens with two attached hydrogens (primary N) is 1. The van der Waals surface area contributed by atoms with Crippen molar-refractivity contribution in [3.8, 4) is 0 Å². The number of benzene rings is 1. The van der Waals surface area contributed by atoms with Crippen LogP contribution in [0.4, 0.5) is 0 Å². The zero-order chi connectivity index (χ0) is 11.8. The molecule has 86 valence electrons. The fourth-order valence-corrected chi connectivity index (χ4v) is 2.24. The molecule has 0 saturated carbocycles. The van der Waals surface area contributed by atoms with E-state index >= 15 is 0 Å². The molecule has 0 fully saturated rings. The van der Waals surface area contributed by atoms with Crippen molar-refractivity contribution >= 4 is 5.91 Å². The highest BCUT2D eigenvalue weighted by Gasteiger charge is 2.27. The van der Waals surface area contributed by atoms with Gasteiger partial charge in [0.15, 0.2) is 5.82 Å². The summed E-state index contributed by atoms with van der Waals surface area (Å²) in [5, 5.41) is 3.82. The van der Waals surface area contributed by atoms with Gasteiger partial charge in [-0.15, -0.1) is 0 Å². The van der Waals surface area contributed by atoms with Crippen molar-refractivity contribution in [2.75, 3.05) is 0 Å². The molecule has 1 aromatic carbocycles. The van der Waals surface area contributed by atoms with Crippen molar-refractivity contribution < 1.29 is 9.32 Å². The average molecular weight is 229 g/mol. The predicted molar refractivity (Wildman–Crippen MR) is 59.4 cm³/mol. The fraction of sp³-hybridized carbons (Fsp3) is 0.250. The number of hydrogen-bond acceptors (Lipinski definition) is 4. The number of amides is 1. The van der Waals surface area contributed by atoms with E-state index < -0.39 is 5.91 Å². The lowest BCUT2D eigenvalue weighted by molar-refractivity contribution is 0.0958. The van der Waals surface area contributed by atoms with Crippen LogP contribution in [0.3, 0.4) is 0 Å². The second-order valence-electron chi connectivity index (χ2n) is 4.20. The van der Waals surface area contributed by atoms with Crippen LogP contribution in [0.15, 0.2) is 28.8 Å². The van der Waals surface area contributed by atoms with E-state index in [0.29, 0.717) is 5.82 Å². The molecule has 17 heavy (non-hydrogen) atoms. The first-order valence-corrected chi connectivity index (χ1v) is 5.44. The van der Waals surface area contributed by atoms with Gasteiger partial charge < -0.3 is 10.3 Å². The molecule has 0 bridgehead atoms. The van der Waals surface area contributed by atoms with Crippen LogP contribution in [-0.2, 0) is 12.8 Å². The van der Waals surface area contributed by atoms with E-state index in [9.17, 15) is 4.79 Å². The minimum absolute atomic E-state index is 0.115. The number of carbonyl (C=O) groups excluding carboxylic acids is 1. The van der Waals surface area contributed by atoms with Gasteiger partial charge in [-0.25, -0.2) is 0 Å². The monoisotopic (exact) mass is 229 g/mol. The Morgan fingerprint density at radius 1 is 1.29 bits per heavy atom. The quantitative estimate of drug-likeness (QED) is 0.834. The van der Waals surface area contributed by atoms with Gasteiger partial charge >= 0.3 is 11.8 Å². The standard InChI is InChI=1S/C12H11N3O2/c13-10(16)12-14-11(15-17-12)9-5-7-3-1-2-4-8(7)6-9/h1-4,9H,5-6H2,(H2,13,16). The maximum absolute atomic E-state index is 10.9. The van der Waals surface area contributed by atoms with E-state index in [2.05, 4.69) is 22.3 Å². The molecule has 0 saturated heterocycles. The number of aromatic nitrogens is 2. The minimum atomic E-state index is -0.681. The Morgan fingerprint density at radius 2 is 1.94 bits per heavy atom. The summed E-state index contributed by atoms with van der Waals surface area (Å²) in [5.74, 6) is -0.0468. The second kappa shape index (κ2) is 3.69. The van der Waals surface area contributed by atoms with Gasteiger partial charge in [-0.2, -0.15) is 4.98 Å². The largest absolute Gasteiger partial charge is 0.361 e. The summed E-state index contributed by atoms with van der Waals surface area (Å²) in [6, 6.07) is 8.24. The predicted octanol–water partition coefficient (Wildman–Crippen LogP) is 1.05. The lowest BCUT2D eigenvalue weighted by Gasteiger charge is -2.00. The van der Waals surface area contributed by atoms with Crippen molar-refractivity contribution in [1.29, 1.82) is 0 Å². The summed E-state index contributed by atoms with van der Waals surface area (Å²) in [6.45, 7) is 0. The van der Waals surface area contributed by atoms with Gasteiger partial charge in [0.25, 0.3) is 0 Å². The van der Waals surface area contributed by atoms with Gasteiger partial charge in [-0.1, -0.05) is 29.4 Å². The highest BCUT2D eigenvalue weighted by atomic mass is 16.5. The second-order valence-corrected chi connectivity index (χ2v) is 4.20. The van der Waals surface area contributed by atoms with Crippen LogP contribution in [0.5, 0.6) is 0 Å². The number of rotatable bonds is 2. The zero-order valence-electron chi connectivity index (χ0n) is 9.09. The first-order valence-electron chi connectivity index (χ1n) is 5.44. The van der Waals surface area contributed by atoms with Crippen LogP contribution in [-0.4, -0.2) is 16.0 Å². The van der Waals surface area contributed by atoms with Crippen molar-refractivity contribution in [2.45, 2.75) is 18.8 Å². The first kappa shape index (κ1) is 10.0. The fourth-order valence-electron chi connectivity index (χ4n) is 2.24. The van der Waals surface area contributed by atoms with Gasteiger partial charge in [0.2, 0.25) is 0 Å². The number of carbonyl (C=O) groups is 1. The molecule has 2 aromatic rings. The van der Waals surface area contributed by atoms with Crippen molar-refractivity contribution in [3.63, 3.8) is 0 Å². The molecule has 5 heteroatoms. The molecule has 1 aliphatic rings. The number of primary amides is 1. The molecule has 1 aromatic heterocycles. The number of hydrogen-bond donors (Lipinski definition) is 1. The molecule has 3 rings (SSSR count). The van der Waals surface area contributed by atoms with E-state index in [1.165, 1.54) is 11.1 Å². The van der Waals surface area contributed by atoms with Crippen molar-refractivity contribution in [2.24, 2.45) is 5.73 Å². The Kier molecular flexibility index (Phi) is 2.18. The summed E-state index contributed by atoms with van der Waals surface area (Å²) < 4.78 is 4.80. The molecule has 1 aliphatic carbocycles. The Hall–Kier alpha value is -2.17. The van der Waals surface area contributed by atoms with Gasteiger partial charge in [0, 0.05) is 5.92 Å². The van der Waals surface area contributed by atoms with Crippen LogP contribution in [0.2, 0.25) is 0 Å². The van der Waals surface area contributed by atoms with Gasteiger partial charge in [-0.05, 0) is 24.0 Å². The molecular weight excluding hydrogens is 218 g/mol. The molecule has 1 amide bonds. The molecule has 0 radical (unpaired) electrons. The van der Waals surface area contributed by atoms with Gasteiger partial charge in [-0.3, -0.25) is 4.79 Å². The summed E-state index contributed by atoms with van der Waals surface area (Å²) in [4.78, 5) is 14.9. The smallest absolute Gasteiger partial charge is 0.315 e. The van der Waals surface area contributed by atoms with E-state index in [-0.39, 0.29) is 11.8 Å². The van der Waals surface area contributed by atoms with Crippen LogP contribution in [0.25, 0.3) is 0 Å². The summed E-state index contributed by atoms with van der Waals surface area (Å²) >= 11 is 0. The van der Waals surface area contributed by atoms with Crippen LogP contribution in [0, 0.1) is 0 Å². The Morgan fingerprint density at radius 3 is 2.47 bits per heavy atom. The normalized spacial score (nSPS) is 14.8. The maximum atomic E-state index is 10.9. The summed E-state index contributed by atoms with van der Waals surface area (Å²) in [6.07, 6.45) is 1.77. The first-order chi connectivity index (χ1) is 8.24. The van der Waals surface area contributed by atoms with Crippen LogP contribution < -0.4 is 5.73 Å². The molecule has 0 aliphatic heterocycles. The topological polar surface area (TPSA) is 82.0 Å².